The zero-order valence-corrected chi connectivity index (χ0v) is 24.0. The topological polar surface area (TPSA) is 134 Å². The summed E-state index contributed by atoms with van der Waals surface area (Å²) in [5.41, 5.74) is -1.44. The number of rotatable bonds is 6. The van der Waals surface area contributed by atoms with E-state index in [1.807, 2.05) is 0 Å². The minimum Gasteiger partial charge on any atom is -0.480 e. The third-order valence-electron chi connectivity index (χ3n) is 6.42. The maximum atomic E-state index is 12.5. The van der Waals surface area contributed by atoms with E-state index in [0.29, 0.717) is 10.6 Å². The number of carbonyl (C=O) groups excluding carboxylic acids is 2. The minimum atomic E-state index is -1.52. The number of carboxylic acid groups (broad SMARTS) is 1. The van der Waals surface area contributed by atoms with Gasteiger partial charge in [-0.3, -0.25) is 0 Å². The Labute approximate surface area is 227 Å². The lowest BCUT2D eigenvalue weighted by Gasteiger charge is -2.31. The highest BCUT2D eigenvalue weighted by Crippen LogP contribution is 2.23. The third-order valence-corrected chi connectivity index (χ3v) is 6.42. The summed E-state index contributed by atoms with van der Waals surface area (Å²) in [5.74, 6) is -1.38. The first-order chi connectivity index (χ1) is 17.7. The lowest BCUT2D eigenvalue weighted by molar-refractivity contribution is -0.143. The van der Waals surface area contributed by atoms with Crippen molar-refractivity contribution in [1.29, 1.82) is 0 Å². The van der Waals surface area contributed by atoms with Crippen molar-refractivity contribution in [2.24, 2.45) is 0 Å². The van der Waals surface area contributed by atoms with Crippen LogP contribution in [0.5, 0.6) is 0 Å². The molecule has 2 saturated carbocycles. The number of amides is 2. The molecule has 3 N–H and O–H groups in total. The first-order valence-electron chi connectivity index (χ1n) is 14.0. The smallest absolute Gasteiger partial charge is 0.420 e. The average Bonchev–Trinajstić information content (AvgIpc) is 3.31. The van der Waals surface area contributed by atoms with Crippen LogP contribution in [0, 0.1) is 0 Å². The Morgan fingerprint density at radius 1 is 0.921 bits per heavy atom. The van der Waals surface area contributed by atoms with E-state index in [9.17, 15) is 19.5 Å². The quantitative estimate of drug-likeness (QED) is 0.414. The molecule has 1 aromatic heterocycles. The van der Waals surface area contributed by atoms with Gasteiger partial charge in [-0.25, -0.2) is 19.4 Å². The van der Waals surface area contributed by atoms with Crippen molar-refractivity contribution in [2.45, 2.75) is 141 Å². The lowest BCUT2D eigenvalue weighted by Crippen LogP contribution is -2.52. The van der Waals surface area contributed by atoms with Crippen LogP contribution in [0.15, 0.2) is 12.5 Å². The Morgan fingerprint density at radius 3 is 1.71 bits per heavy atom. The van der Waals surface area contributed by atoms with Crippen molar-refractivity contribution in [1.82, 2.24) is 20.2 Å². The molecule has 2 fully saturated rings. The lowest BCUT2D eigenvalue weighted by atomic mass is 9.91. The summed E-state index contributed by atoms with van der Waals surface area (Å²) < 4.78 is 10.4. The number of aliphatic carboxylic acids is 1. The SMILES string of the molecule is C1CCC(NC2CCCCC2)CC1.CC(C)(C)OC(=O)N(C(=O)OC(C)(C)C)C(Cc1c[nH]cn1)C(=O)O. The number of carboxylic acids is 1. The minimum absolute atomic E-state index is 0.183. The largest absolute Gasteiger partial charge is 0.480 e. The second-order valence-corrected chi connectivity index (χ2v) is 12.3. The number of hydrogen-bond acceptors (Lipinski definition) is 7. The Bertz CT molecular complexity index is 819. The van der Waals surface area contributed by atoms with Gasteiger partial charge in [0, 0.05) is 24.7 Å². The van der Waals surface area contributed by atoms with Gasteiger partial charge in [0.05, 0.1) is 12.0 Å². The van der Waals surface area contributed by atoms with Gasteiger partial charge in [-0.15, -0.1) is 0 Å². The van der Waals surface area contributed by atoms with Crippen LogP contribution < -0.4 is 5.32 Å². The van der Waals surface area contributed by atoms with E-state index in [4.69, 9.17) is 9.47 Å². The van der Waals surface area contributed by atoms with Crippen LogP contribution >= 0.6 is 0 Å². The van der Waals surface area contributed by atoms with Gasteiger partial charge in [0.15, 0.2) is 0 Å². The van der Waals surface area contributed by atoms with Gasteiger partial charge >= 0.3 is 18.2 Å². The fourth-order valence-electron chi connectivity index (χ4n) is 4.71. The van der Waals surface area contributed by atoms with E-state index < -0.39 is 35.4 Å². The van der Waals surface area contributed by atoms with E-state index >= 15 is 0 Å². The Hall–Kier alpha value is -2.62. The van der Waals surface area contributed by atoms with Crippen LogP contribution in [-0.4, -0.2) is 67.5 Å². The van der Waals surface area contributed by atoms with Crippen molar-refractivity contribution in [3.63, 3.8) is 0 Å². The summed E-state index contributed by atoms with van der Waals surface area (Å²) in [4.78, 5) is 43.8. The molecule has 10 nitrogen and oxygen atoms in total. The van der Waals surface area contributed by atoms with E-state index in [1.165, 1.54) is 76.7 Å². The van der Waals surface area contributed by atoms with Gasteiger partial charge in [-0.1, -0.05) is 38.5 Å². The van der Waals surface area contributed by atoms with Crippen molar-refractivity contribution in [2.75, 3.05) is 0 Å². The molecule has 2 aliphatic carbocycles. The Balaban J connectivity index is 0.000000323. The Kier molecular flexibility index (Phi) is 12.1. The summed E-state index contributed by atoms with van der Waals surface area (Å²) in [7, 11) is 0. The number of nitrogens with one attached hydrogen (secondary N) is 2. The maximum Gasteiger partial charge on any atom is 0.420 e. The molecule has 0 saturated heterocycles. The first-order valence-corrected chi connectivity index (χ1v) is 14.0. The fourth-order valence-corrected chi connectivity index (χ4v) is 4.71. The van der Waals surface area contributed by atoms with Gasteiger partial charge < -0.3 is 24.9 Å². The number of imide groups is 1. The fraction of sp³-hybridized carbons (Fsp3) is 0.786. The molecule has 0 aliphatic heterocycles. The number of H-pyrrole nitrogens is 1. The molecule has 1 heterocycles. The maximum absolute atomic E-state index is 12.5. The molecular weight excluding hydrogens is 488 g/mol. The van der Waals surface area contributed by atoms with Crippen molar-refractivity contribution in [3.8, 4) is 0 Å². The van der Waals surface area contributed by atoms with Gasteiger partial charge in [0.2, 0.25) is 0 Å². The highest BCUT2D eigenvalue weighted by atomic mass is 16.6. The number of ether oxygens (including phenoxy) is 2. The normalized spacial score (nSPS) is 18.1. The van der Waals surface area contributed by atoms with E-state index in [2.05, 4.69) is 15.3 Å². The van der Waals surface area contributed by atoms with Crippen LogP contribution in [0.4, 0.5) is 9.59 Å². The van der Waals surface area contributed by atoms with E-state index in [-0.39, 0.29) is 6.42 Å². The molecule has 216 valence electrons. The van der Waals surface area contributed by atoms with Crippen molar-refractivity contribution >= 4 is 18.2 Å². The zero-order valence-electron chi connectivity index (χ0n) is 24.0. The van der Waals surface area contributed by atoms with Crippen molar-refractivity contribution < 1.29 is 29.0 Å². The second kappa shape index (κ2) is 14.5. The highest BCUT2D eigenvalue weighted by molar-refractivity contribution is 5.93. The number of aromatic amines is 1. The highest BCUT2D eigenvalue weighted by Gasteiger charge is 2.40. The predicted octanol–water partition coefficient (Wildman–Crippen LogP) is 5.82. The standard InChI is InChI=1S/C16H25N3O6.C12H23N/c1-15(2,3)24-13(22)19(14(23)25-16(4,5)6)11(12(20)21)7-10-8-17-9-18-10;1-3-7-11(8-4-1)13-12-9-5-2-6-10-12/h8-9,11H,7H2,1-6H3,(H,17,18)(H,20,21);11-13H,1-10H2. The molecule has 1 aromatic rings. The van der Waals surface area contributed by atoms with E-state index in [0.717, 1.165) is 12.1 Å². The summed E-state index contributed by atoms with van der Waals surface area (Å²) in [6, 6.07) is 0.224. The number of imidazole rings is 1. The molecule has 38 heavy (non-hydrogen) atoms. The molecule has 10 heteroatoms. The summed E-state index contributed by atoms with van der Waals surface area (Å²) in [5, 5.41) is 13.4. The molecule has 0 bridgehead atoms. The Morgan fingerprint density at radius 2 is 1.37 bits per heavy atom. The molecule has 3 rings (SSSR count). The molecule has 0 spiro atoms. The monoisotopic (exact) mass is 536 g/mol. The van der Waals surface area contributed by atoms with Crippen molar-refractivity contribution in [3.05, 3.63) is 18.2 Å². The van der Waals surface area contributed by atoms with Gasteiger partial charge in [-0.05, 0) is 67.2 Å². The molecule has 2 aliphatic rings. The molecule has 0 radical (unpaired) electrons. The second-order valence-electron chi connectivity index (χ2n) is 12.3. The molecule has 1 unspecified atom stereocenters. The summed E-state index contributed by atoms with van der Waals surface area (Å²) in [6.45, 7) is 9.68. The average molecular weight is 537 g/mol. The van der Waals surface area contributed by atoms with Crippen LogP contribution in [0.1, 0.15) is 111 Å². The summed E-state index contributed by atoms with van der Waals surface area (Å²) in [6.07, 6.45) is 15.1. The van der Waals surface area contributed by atoms with Crippen LogP contribution in [0.3, 0.4) is 0 Å². The first kappa shape index (κ1) is 31.6. The summed E-state index contributed by atoms with van der Waals surface area (Å²) >= 11 is 0. The number of hydrogen-bond donors (Lipinski definition) is 3. The number of aromatic nitrogens is 2. The van der Waals surface area contributed by atoms with Gasteiger partial charge in [0.1, 0.15) is 17.2 Å². The number of nitrogens with zero attached hydrogens (tertiary/aromatic N) is 2. The molecular formula is C28H48N4O6. The molecule has 2 amide bonds. The van der Waals surface area contributed by atoms with E-state index in [1.54, 1.807) is 41.5 Å². The molecule has 0 aromatic carbocycles. The van der Waals surface area contributed by atoms with Crippen LogP contribution in [-0.2, 0) is 20.7 Å². The number of carbonyl (C=O) groups is 3. The molecule has 1 atom stereocenters. The van der Waals surface area contributed by atoms with Gasteiger partial charge in [0.25, 0.3) is 0 Å². The third kappa shape index (κ3) is 11.8. The van der Waals surface area contributed by atoms with Crippen LogP contribution in [0.25, 0.3) is 0 Å². The predicted molar refractivity (Wildman–Crippen MR) is 145 cm³/mol. The van der Waals surface area contributed by atoms with Gasteiger partial charge in [-0.2, -0.15) is 4.90 Å². The zero-order chi connectivity index (χ0) is 28.3. The van der Waals surface area contributed by atoms with Crippen LogP contribution in [0.2, 0.25) is 0 Å².